The quantitative estimate of drug-likeness (QED) is 0.708. The molecule has 0 spiro atoms. The summed E-state index contributed by atoms with van der Waals surface area (Å²) in [6.45, 7) is 2.20. The molecular formula is C10H11Br2Cl. The van der Waals surface area contributed by atoms with Crippen molar-refractivity contribution >= 4 is 43.5 Å². The molecule has 0 aliphatic carbocycles. The van der Waals surface area contributed by atoms with Crippen LogP contribution in [0.1, 0.15) is 12.5 Å². The molecule has 0 fully saturated rings. The molecule has 13 heavy (non-hydrogen) atoms. The van der Waals surface area contributed by atoms with Crippen molar-refractivity contribution in [2.24, 2.45) is 5.92 Å². The van der Waals surface area contributed by atoms with Crippen LogP contribution in [0.2, 0.25) is 5.02 Å². The van der Waals surface area contributed by atoms with Gasteiger partial charge in [0.15, 0.2) is 0 Å². The number of halogens is 3. The molecule has 1 unspecified atom stereocenters. The summed E-state index contributed by atoms with van der Waals surface area (Å²) in [5.74, 6) is 0.624. The van der Waals surface area contributed by atoms with Gasteiger partial charge in [0.1, 0.15) is 0 Å². The Morgan fingerprint density at radius 3 is 2.69 bits per heavy atom. The fraction of sp³-hybridized carbons (Fsp3) is 0.400. The Hall–Kier alpha value is 0.470. The molecule has 0 saturated heterocycles. The van der Waals surface area contributed by atoms with Crippen molar-refractivity contribution in [3.63, 3.8) is 0 Å². The van der Waals surface area contributed by atoms with Gasteiger partial charge in [-0.3, -0.25) is 0 Å². The second kappa shape index (κ2) is 5.38. The Morgan fingerprint density at radius 1 is 1.46 bits per heavy atom. The largest absolute Gasteiger partial charge is 0.0925 e. The molecule has 1 atom stereocenters. The molecule has 0 aromatic heterocycles. The van der Waals surface area contributed by atoms with E-state index in [2.05, 4.69) is 44.8 Å². The zero-order chi connectivity index (χ0) is 9.84. The number of hydrogen-bond acceptors (Lipinski definition) is 0. The minimum absolute atomic E-state index is 0.624. The predicted molar refractivity (Wildman–Crippen MR) is 65.8 cm³/mol. The summed E-state index contributed by atoms with van der Waals surface area (Å²) >= 11 is 12.9. The van der Waals surface area contributed by atoms with Gasteiger partial charge in [-0.05, 0) is 30.0 Å². The average molecular weight is 326 g/mol. The van der Waals surface area contributed by atoms with E-state index in [4.69, 9.17) is 11.6 Å². The van der Waals surface area contributed by atoms with Crippen molar-refractivity contribution in [3.05, 3.63) is 33.3 Å². The van der Waals surface area contributed by atoms with E-state index in [0.29, 0.717) is 5.92 Å². The van der Waals surface area contributed by atoms with Crippen LogP contribution in [0.5, 0.6) is 0 Å². The molecule has 1 rings (SSSR count). The van der Waals surface area contributed by atoms with Gasteiger partial charge in [-0.15, -0.1) is 0 Å². The van der Waals surface area contributed by atoms with Crippen molar-refractivity contribution < 1.29 is 0 Å². The molecule has 3 heteroatoms. The lowest BCUT2D eigenvalue weighted by molar-refractivity contribution is 0.663. The van der Waals surface area contributed by atoms with Crippen LogP contribution in [0.25, 0.3) is 0 Å². The maximum Gasteiger partial charge on any atom is 0.0449 e. The highest BCUT2D eigenvalue weighted by atomic mass is 79.9. The smallest absolute Gasteiger partial charge is 0.0449 e. The van der Waals surface area contributed by atoms with Crippen molar-refractivity contribution in [1.29, 1.82) is 0 Å². The molecule has 0 bridgehead atoms. The van der Waals surface area contributed by atoms with E-state index in [1.165, 1.54) is 5.56 Å². The summed E-state index contributed by atoms with van der Waals surface area (Å²) in [4.78, 5) is 0. The summed E-state index contributed by atoms with van der Waals surface area (Å²) in [6.07, 6.45) is 1.03. The SMILES string of the molecule is CC(CBr)Cc1ccc(Br)cc1Cl. The Kier molecular flexibility index (Phi) is 4.77. The van der Waals surface area contributed by atoms with Crippen molar-refractivity contribution in [2.45, 2.75) is 13.3 Å². The highest BCUT2D eigenvalue weighted by Gasteiger charge is 2.05. The summed E-state index contributed by atoms with van der Waals surface area (Å²) in [6, 6.07) is 6.05. The zero-order valence-corrected chi connectivity index (χ0v) is 11.3. The van der Waals surface area contributed by atoms with Crippen LogP contribution in [-0.2, 0) is 6.42 Å². The standard InChI is InChI=1S/C10H11Br2Cl/c1-7(6-11)4-8-2-3-9(12)5-10(8)13/h2-3,5,7H,4,6H2,1H3. The normalized spacial score (nSPS) is 12.9. The van der Waals surface area contributed by atoms with Gasteiger partial charge in [0.2, 0.25) is 0 Å². The van der Waals surface area contributed by atoms with Crippen molar-refractivity contribution in [1.82, 2.24) is 0 Å². The monoisotopic (exact) mass is 324 g/mol. The van der Waals surface area contributed by atoms with Crippen molar-refractivity contribution in [3.8, 4) is 0 Å². The fourth-order valence-corrected chi connectivity index (χ4v) is 2.10. The summed E-state index contributed by atoms with van der Waals surface area (Å²) in [7, 11) is 0. The van der Waals surface area contributed by atoms with Gasteiger partial charge in [-0.25, -0.2) is 0 Å². The first-order chi connectivity index (χ1) is 6.13. The van der Waals surface area contributed by atoms with Crippen LogP contribution in [0.4, 0.5) is 0 Å². The number of hydrogen-bond donors (Lipinski definition) is 0. The molecule has 0 amide bonds. The molecule has 1 aromatic carbocycles. The molecule has 0 aliphatic rings. The first-order valence-corrected chi connectivity index (χ1v) is 6.42. The average Bonchev–Trinajstić information content (AvgIpc) is 2.09. The highest BCUT2D eigenvalue weighted by Crippen LogP contribution is 2.23. The van der Waals surface area contributed by atoms with Gasteiger partial charge < -0.3 is 0 Å². The van der Waals surface area contributed by atoms with E-state index in [1.807, 2.05) is 12.1 Å². The van der Waals surface area contributed by atoms with Gasteiger partial charge in [0, 0.05) is 14.8 Å². The maximum absolute atomic E-state index is 6.09. The first-order valence-electron chi connectivity index (χ1n) is 4.13. The predicted octanol–water partition coefficient (Wildman–Crippen LogP) is 4.68. The van der Waals surface area contributed by atoms with Crippen molar-refractivity contribution in [2.75, 3.05) is 5.33 Å². The van der Waals surface area contributed by atoms with E-state index >= 15 is 0 Å². The molecular weight excluding hydrogens is 315 g/mol. The molecule has 0 heterocycles. The minimum atomic E-state index is 0.624. The van der Waals surface area contributed by atoms with Gasteiger partial charge in [-0.1, -0.05) is 56.5 Å². The second-order valence-corrected chi connectivity index (χ2v) is 5.17. The van der Waals surface area contributed by atoms with Crippen LogP contribution >= 0.6 is 43.5 Å². The lowest BCUT2D eigenvalue weighted by atomic mass is 10.0. The van der Waals surface area contributed by atoms with Gasteiger partial charge >= 0.3 is 0 Å². The third-order valence-corrected chi connectivity index (χ3v) is 3.80. The van der Waals surface area contributed by atoms with Crippen LogP contribution < -0.4 is 0 Å². The molecule has 0 nitrogen and oxygen atoms in total. The molecule has 0 radical (unpaired) electrons. The van der Waals surface area contributed by atoms with E-state index in [1.54, 1.807) is 0 Å². The van der Waals surface area contributed by atoms with E-state index in [9.17, 15) is 0 Å². The Balaban J connectivity index is 2.77. The molecule has 0 N–H and O–H groups in total. The Labute approximate surface area is 101 Å². The topological polar surface area (TPSA) is 0 Å². The van der Waals surface area contributed by atoms with Crippen LogP contribution in [0.15, 0.2) is 22.7 Å². The summed E-state index contributed by atoms with van der Waals surface area (Å²) in [5.41, 5.74) is 1.22. The van der Waals surface area contributed by atoms with Gasteiger partial charge in [0.05, 0.1) is 0 Å². The van der Waals surface area contributed by atoms with Gasteiger partial charge in [0.25, 0.3) is 0 Å². The van der Waals surface area contributed by atoms with E-state index in [-0.39, 0.29) is 0 Å². The molecule has 0 aliphatic heterocycles. The zero-order valence-electron chi connectivity index (χ0n) is 7.36. The second-order valence-electron chi connectivity index (χ2n) is 3.20. The van der Waals surface area contributed by atoms with Crippen LogP contribution in [0.3, 0.4) is 0 Å². The van der Waals surface area contributed by atoms with E-state index in [0.717, 1.165) is 21.2 Å². The minimum Gasteiger partial charge on any atom is -0.0925 e. The van der Waals surface area contributed by atoms with E-state index < -0.39 is 0 Å². The number of alkyl halides is 1. The third kappa shape index (κ3) is 3.61. The Morgan fingerprint density at radius 2 is 2.15 bits per heavy atom. The number of benzene rings is 1. The van der Waals surface area contributed by atoms with Crippen LogP contribution in [-0.4, -0.2) is 5.33 Å². The molecule has 0 saturated carbocycles. The summed E-state index contributed by atoms with van der Waals surface area (Å²) in [5, 5.41) is 1.86. The number of rotatable bonds is 3. The summed E-state index contributed by atoms with van der Waals surface area (Å²) < 4.78 is 1.03. The third-order valence-electron chi connectivity index (χ3n) is 1.85. The van der Waals surface area contributed by atoms with Gasteiger partial charge in [-0.2, -0.15) is 0 Å². The lowest BCUT2D eigenvalue weighted by Crippen LogP contribution is -2.00. The molecule has 1 aromatic rings. The lowest BCUT2D eigenvalue weighted by Gasteiger charge is -2.09. The highest BCUT2D eigenvalue weighted by molar-refractivity contribution is 9.10. The Bertz CT molecular complexity index is 286. The maximum atomic E-state index is 6.09. The fourth-order valence-electron chi connectivity index (χ4n) is 1.12. The first kappa shape index (κ1) is 11.5. The molecule has 72 valence electrons. The van der Waals surface area contributed by atoms with Crippen LogP contribution in [0, 0.1) is 5.92 Å².